The number of aromatic amines is 1. The molecule has 1 amide bonds. The van der Waals surface area contributed by atoms with Crippen LogP contribution in [0.5, 0.6) is 0 Å². The Hall–Kier alpha value is -2.25. The van der Waals surface area contributed by atoms with Gasteiger partial charge in [-0.15, -0.1) is 23.2 Å². The van der Waals surface area contributed by atoms with Gasteiger partial charge in [-0.05, 0) is 11.6 Å². The third-order valence-electron chi connectivity index (χ3n) is 4.19. The lowest BCUT2D eigenvalue weighted by atomic mass is 10.1. The summed E-state index contributed by atoms with van der Waals surface area (Å²) in [5.41, 5.74) is 2.47. The molecule has 2 rings (SSSR count). The number of carbonyl (C=O) groups excluding carboxylic acids is 2. The number of H-pyrrole nitrogens is 1. The number of nitrogens with zero attached hydrogens (tertiary/aromatic N) is 2. The van der Waals surface area contributed by atoms with Crippen LogP contribution in [0.3, 0.4) is 0 Å². The van der Waals surface area contributed by atoms with Crippen molar-refractivity contribution in [1.82, 2.24) is 15.3 Å². The Bertz CT molecular complexity index is 749. The number of methoxy groups -OCH3 is 1. The molecule has 7 nitrogen and oxygen atoms in total. The molecule has 0 aliphatic carbocycles. The summed E-state index contributed by atoms with van der Waals surface area (Å²) in [7, 11) is 1.29. The van der Waals surface area contributed by atoms with Gasteiger partial charge in [-0.1, -0.05) is 18.2 Å². The molecule has 2 aromatic rings. The van der Waals surface area contributed by atoms with Gasteiger partial charge in [-0.2, -0.15) is 0 Å². The van der Waals surface area contributed by atoms with E-state index in [0.717, 1.165) is 16.9 Å². The third kappa shape index (κ3) is 6.42. The van der Waals surface area contributed by atoms with Crippen LogP contribution in [-0.2, 0) is 27.2 Å². The van der Waals surface area contributed by atoms with E-state index in [1.807, 2.05) is 29.2 Å². The predicted molar refractivity (Wildman–Crippen MR) is 110 cm³/mol. The molecule has 0 saturated heterocycles. The van der Waals surface area contributed by atoms with E-state index in [1.165, 1.54) is 13.4 Å². The molecule has 152 valence electrons. The lowest BCUT2D eigenvalue weighted by Crippen LogP contribution is -2.44. The van der Waals surface area contributed by atoms with Crippen molar-refractivity contribution in [2.75, 3.05) is 36.9 Å². The van der Waals surface area contributed by atoms with Crippen molar-refractivity contribution < 1.29 is 14.3 Å². The van der Waals surface area contributed by atoms with Crippen LogP contribution in [-0.4, -0.2) is 59.8 Å². The van der Waals surface area contributed by atoms with Crippen LogP contribution in [0.25, 0.3) is 0 Å². The number of imidazole rings is 1. The van der Waals surface area contributed by atoms with Gasteiger partial charge in [0.15, 0.2) is 0 Å². The molecular weight excluding hydrogens is 403 g/mol. The first-order valence-electron chi connectivity index (χ1n) is 8.88. The minimum Gasteiger partial charge on any atom is -0.467 e. The summed E-state index contributed by atoms with van der Waals surface area (Å²) in [6.07, 6.45) is 3.51. The summed E-state index contributed by atoms with van der Waals surface area (Å²) >= 11 is 11.8. The lowest BCUT2D eigenvalue weighted by molar-refractivity contribution is -0.145. The number of hydrogen-bond acceptors (Lipinski definition) is 5. The number of benzene rings is 1. The van der Waals surface area contributed by atoms with Crippen LogP contribution in [0.2, 0.25) is 0 Å². The van der Waals surface area contributed by atoms with Crippen molar-refractivity contribution in [2.24, 2.45) is 0 Å². The number of esters is 1. The van der Waals surface area contributed by atoms with E-state index in [0.29, 0.717) is 24.8 Å². The van der Waals surface area contributed by atoms with Crippen molar-refractivity contribution >= 4 is 40.8 Å². The average molecular weight is 427 g/mol. The zero-order valence-corrected chi connectivity index (χ0v) is 17.2. The fourth-order valence-corrected chi connectivity index (χ4v) is 3.30. The molecular formula is C19H24Cl2N4O3. The number of para-hydroxylation sites is 1. The second-order valence-corrected chi connectivity index (χ2v) is 6.85. The van der Waals surface area contributed by atoms with Gasteiger partial charge in [0.25, 0.3) is 0 Å². The summed E-state index contributed by atoms with van der Waals surface area (Å²) in [5, 5.41) is 2.75. The first-order valence-corrected chi connectivity index (χ1v) is 9.95. The molecule has 1 aromatic carbocycles. The average Bonchev–Trinajstić information content (AvgIpc) is 3.20. The molecule has 0 saturated carbocycles. The molecule has 0 unspecified atom stereocenters. The fourth-order valence-electron chi connectivity index (χ4n) is 2.90. The molecule has 0 radical (unpaired) electrons. The highest BCUT2D eigenvalue weighted by molar-refractivity contribution is 6.18. The minimum absolute atomic E-state index is 0.119. The molecule has 1 aromatic heterocycles. The molecule has 0 spiro atoms. The number of anilines is 1. The zero-order valence-electron chi connectivity index (χ0n) is 15.7. The normalized spacial score (nSPS) is 11.7. The van der Waals surface area contributed by atoms with Gasteiger partial charge in [0.2, 0.25) is 5.91 Å². The largest absolute Gasteiger partial charge is 0.467 e. The van der Waals surface area contributed by atoms with Crippen molar-refractivity contribution in [3.63, 3.8) is 0 Å². The van der Waals surface area contributed by atoms with Crippen LogP contribution >= 0.6 is 23.2 Å². The van der Waals surface area contributed by atoms with Crippen molar-refractivity contribution in [1.29, 1.82) is 0 Å². The lowest BCUT2D eigenvalue weighted by Gasteiger charge is -2.25. The second-order valence-electron chi connectivity index (χ2n) is 6.09. The summed E-state index contributed by atoms with van der Waals surface area (Å²) in [5.74, 6) is 0.110. The van der Waals surface area contributed by atoms with Gasteiger partial charge in [-0.25, -0.2) is 9.78 Å². The second kappa shape index (κ2) is 11.6. The Morgan fingerprint density at radius 2 is 1.96 bits per heavy atom. The summed E-state index contributed by atoms with van der Waals surface area (Å²) in [4.78, 5) is 33.6. The van der Waals surface area contributed by atoms with Crippen LogP contribution in [0, 0.1) is 0 Å². The van der Waals surface area contributed by atoms with Crippen LogP contribution in [0.15, 0.2) is 36.8 Å². The van der Waals surface area contributed by atoms with E-state index >= 15 is 0 Å². The van der Waals surface area contributed by atoms with Crippen LogP contribution < -0.4 is 10.2 Å². The molecule has 2 N–H and O–H groups in total. The number of amides is 1. The number of aromatic nitrogens is 2. The molecule has 0 aliphatic rings. The number of halogens is 2. The standard InChI is InChI=1S/C19H24Cl2N4O3/c1-28-19(27)16(11-15-12-22-13-23-15)24-18(26)10-14-4-2-3-5-17(14)25(8-6-20)9-7-21/h2-5,12-13,16H,6-11H2,1H3,(H,22,23)(H,24,26)/t16-/m0/s1. The fraction of sp³-hybridized carbons (Fsp3) is 0.421. The van der Waals surface area contributed by atoms with Crippen molar-refractivity contribution in [2.45, 2.75) is 18.9 Å². The number of rotatable bonds is 11. The van der Waals surface area contributed by atoms with Gasteiger partial charge in [-0.3, -0.25) is 4.79 Å². The molecule has 1 heterocycles. The topological polar surface area (TPSA) is 87.3 Å². The molecule has 1 atom stereocenters. The summed E-state index contributed by atoms with van der Waals surface area (Å²) in [6.45, 7) is 1.25. The Labute approximate surface area is 174 Å². The smallest absolute Gasteiger partial charge is 0.328 e. The first kappa shape index (κ1) is 22.0. The molecule has 28 heavy (non-hydrogen) atoms. The molecule has 0 aliphatic heterocycles. The monoisotopic (exact) mass is 426 g/mol. The van der Waals surface area contributed by atoms with Crippen LogP contribution in [0.1, 0.15) is 11.3 Å². The van der Waals surface area contributed by atoms with Gasteiger partial charge in [0.05, 0.1) is 19.9 Å². The van der Waals surface area contributed by atoms with Crippen molar-refractivity contribution in [3.8, 4) is 0 Å². The molecule has 9 heteroatoms. The highest BCUT2D eigenvalue weighted by atomic mass is 35.5. The predicted octanol–water partition coefficient (Wildman–Crippen LogP) is 2.14. The van der Waals surface area contributed by atoms with E-state index in [4.69, 9.17) is 27.9 Å². The van der Waals surface area contributed by atoms with E-state index in [2.05, 4.69) is 15.3 Å². The van der Waals surface area contributed by atoms with Gasteiger partial charge >= 0.3 is 5.97 Å². The van der Waals surface area contributed by atoms with Crippen molar-refractivity contribution in [3.05, 3.63) is 48.0 Å². The zero-order chi connectivity index (χ0) is 20.4. The highest BCUT2D eigenvalue weighted by Crippen LogP contribution is 2.21. The van der Waals surface area contributed by atoms with E-state index < -0.39 is 12.0 Å². The van der Waals surface area contributed by atoms with E-state index in [9.17, 15) is 9.59 Å². The highest BCUT2D eigenvalue weighted by Gasteiger charge is 2.23. The molecule has 0 bridgehead atoms. The maximum absolute atomic E-state index is 12.6. The Morgan fingerprint density at radius 3 is 2.57 bits per heavy atom. The molecule has 0 fully saturated rings. The minimum atomic E-state index is -0.799. The Morgan fingerprint density at radius 1 is 1.25 bits per heavy atom. The summed E-state index contributed by atoms with van der Waals surface area (Å²) in [6, 6.07) is 6.79. The third-order valence-corrected chi connectivity index (χ3v) is 4.53. The Kier molecular flexibility index (Phi) is 9.10. The van der Waals surface area contributed by atoms with E-state index in [1.54, 1.807) is 6.20 Å². The SMILES string of the molecule is COC(=O)[C@H](Cc1cnc[nH]1)NC(=O)Cc1ccccc1N(CCCl)CCCl. The van der Waals surface area contributed by atoms with E-state index in [-0.39, 0.29) is 18.7 Å². The number of ether oxygens (including phenoxy) is 1. The Balaban J connectivity index is 2.11. The van der Waals surface area contributed by atoms with Crippen LogP contribution in [0.4, 0.5) is 5.69 Å². The first-order chi connectivity index (χ1) is 13.6. The number of carbonyl (C=O) groups is 2. The summed E-state index contributed by atoms with van der Waals surface area (Å²) < 4.78 is 4.81. The number of hydrogen-bond donors (Lipinski definition) is 2. The maximum Gasteiger partial charge on any atom is 0.328 e. The quantitative estimate of drug-likeness (QED) is 0.424. The number of alkyl halides is 2. The maximum atomic E-state index is 12.6. The van der Waals surface area contributed by atoms with Gasteiger partial charge in [0, 0.05) is 48.8 Å². The number of nitrogens with one attached hydrogen (secondary N) is 2. The van der Waals surface area contributed by atoms with Gasteiger partial charge in [0.1, 0.15) is 6.04 Å². The van der Waals surface area contributed by atoms with Gasteiger partial charge < -0.3 is 19.9 Å².